The number of nitrogens with one attached hydrogen (secondary N) is 1. The number of carbonyl (C=O) groups excluding carboxylic acids is 1. The maximum absolute atomic E-state index is 13.5. The Balaban J connectivity index is 1.47. The second-order valence-electron chi connectivity index (χ2n) is 8.60. The summed E-state index contributed by atoms with van der Waals surface area (Å²) in [5.74, 6) is 0.595. The van der Waals surface area contributed by atoms with E-state index in [1.165, 1.54) is 16.7 Å². The number of likely N-dealkylation sites (N-methyl/N-ethyl adjacent to an activating group) is 1. The van der Waals surface area contributed by atoms with E-state index in [-0.39, 0.29) is 5.91 Å². The molecule has 0 saturated carbocycles. The Hall–Kier alpha value is -2.17. The van der Waals surface area contributed by atoms with Gasteiger partial charge in [0.2, 0.25) is 5.91 Å². The molecule has 1 saturated heterocycles. The van der Waals surface area contributed by atoms with Gasteiger partial charge >= 0.3 is 0 Å². The van der Waals surface area contributed by atoms with Gasteiger partial charge in [-0.05, 0) is 48.9 Å². The number of nitrogens with zero attached hydrogens (tertiary/aromatic N) is 1. The molecule has 154 valence electrons. The SMILES string of the molecule is CN(CCc1ccccc1)C1(C(=O)NC[C@@H]2CCCOC2)Cc2ccccc2C1. The highest BCUT2D eigenvalue weighted by molar-refractivity contribution is 5.88. The first-order chi connectivity index (χ1) is 14.2. The fourth-order valence-electron chi connectivity index (χ4n) is 4.72. The van der Waals surface area contributed by atoms with Crippen LogP contribution in [0.4, 0.5) is 0 Å². The van der Waals surface area contributed by atoms with Gasteiger partial charge in [-0.1, -0.05) is 54.6 Å². The molecule has 1 amide bonds. The van der Waals surface area contributed by atoms with Crippen LogP contribution in [0.15, 0.2) is 54.6 Å². The van der Waals surface area contributed by atoms with E-state index in [4.69, 9.17) is 4.74 Å². The highest BCUT2D eigenvalue weighted by Crippen LogP contribution is 2.34. The third kappa shape index (κ3) is 4.54. The summed E-state index contributed by atoms with van der Waals surface area (Å²) in [6, 6.07) is 19.0. The predicted molar refractivity (Wildman–Crippen MR) is 116 cm³/mol. The molecule has 29 heavy (non-hydrogen) atoms. The second kappa shape index (κ2) is 9.10. The minimum atomic E-state index is -0.506. The summed E-state index contributed by atoms with van der Waals surface area (Å²) in [6.45, 7) is 3.19. The van der Waals surface area contributed by atoms with Crippen LogP contribution in [0.25, 0.3) is 0 Å². The molecule has 1 atom stereocenters. The first-order valence-electron chi connectivity index (χ1n) is 10.9. The Morgan fingerprint density at radius 1 is 1.10 bits per heavy atom. The van der Waals surface area contributed by atoms with Crippen LogP contribution in [0.2, 0.25) is 0 Å². The number of hydrogen-bond acceptors (Lipinski definition) is 3. The molecule has 2 aromatic rings. The lowest BCUT2D eigenvalue weighted by atomic mass is 9.91. The number of hydrogen-bond donors (Lipinski definition) is 1. The minimum Gasteiger partial charge on any atom is -0.381 e. The van der Waals surface area contributed by atoms with Crippen molar-refractivity contribution in [3.8, 4) is 0 Å². The summed E-state index contributed by atoms with van der Waals surface area (Å²) in [7, 11) is 2.11. The quantitative estimate of drug-likeness (QED) is 0.787. The molecule has 1 aliphatic carbocycles. The minimum absolute atomic E-state index is 0.162. The smallest absolute Gasteiger partial charge is 0.241 e. The molecule has 0 bridgehead atoms. The van der Waals surface area contributed by atoms with Gasteiger partial charge in [0.15, 0.2) is 0 Å². The van der Waals surface area contributed by atoms with Crippen molar-refractivity contribution in [2.75, 3.05) is 33.4 Å². The van der Waals surface area contributed by atoms with E-state index in [0.29, 0.717) is 12.5 Å². The van der Waals surface area contributed by atoms with Gasteiger partial charge in [-0.15, -0.1) is 0 Å². The van der Waals surface area contributed by atoms with Gasteiger partial charge in [-0.25, -0.2) is 0 Å². The molecule has 4 nitrogen and oxygen atoms in total. The number of benzene rings is 2. The summed E-state index contributed by atoms with van der Waals surface area (Å²) in [4.78, 5) is 15.8. The van der Waals surface area contributed by atoms with E-state index in [9.17, 15) is 4.79 Å². The van der Waals surface area contributed by atoms with Gasteiger partial charge in [0.25, 0.3) is 0 Å². The van der Waals surface area contributed by atoms with Crippen LogP contribution in [0, 0.1) is 5.92 Å². The number of fused-ring (bicyclic) bond motifs is 1. The zero-order valence-electron chi connectivity index (χ0n) is 17.4. The number of ether oxygens (including phenoxy) is 1. The average Bonchev–Trinajstić information content (AvgIpc) is 3.18. The predicted octanol–water partition coefficient (Wildman–Crippen LogP) is 3.24. The Labute approximate surface area is 174 Å². The van der Waals surface area contributed by atoms with Gasteiger partial charge in [0.1, 0.15) is 5.54 Å². The van der Waals surface area contributed by atoms with Crippen molar-refractivity contribution in [2.24, 2.45) is 5.92 Å². The topological polar surface area (TPSA) is 41.6 Å². The van der Waals surface area contributed by atoms with E-state index in [1.54, 1.807) is 0 Å². The lowest BCUT2D eigenvalue weighted by molar-refractivity contribution is -0.132. The molecule has 4 rings (SSSR count). The number of amides is 1. The van der Waals surface area contributed by atoms with E-state index in [1.807, 2.05) is 6.07 Å². The first kappa shape index (κ1) is 20.1. The number of rotatable bonds is 7. The molecule has 0 unspecified atom stereocenters. The molecule has 4 heteroatoms. The van der Waals surface area contributed by atoms with Gasteiger partial charge in [-0.2, -0.15) is 0 Å². The van der Waals surface area contributed by atoms with Gasteiger partial charge in [-0.3, -0.25) is 9.69 Å². The van der Waals surface area contributed by atoms with Crippen molar-refractivity contribution in [2.45, 2.75) is 37.6 Å². The fourth-order valence-corrected chi connectivity index (χ4v) is 4.72. The fraction of sp³-hybridized carbons (Fsp3) is 0.480. The van der Waals surface area contributed by atoms with Crippen molar-refractivity contribution in [1.82, 2.24) is 10.2 Å². The van der Waals surface area contributed by atoms with Gasteiger partial charge in [0, 0.05) is 32.5 Å². The summed E-state index contributed by atoms with van der Waals surface area (Å²) in [6.07, 6.45) is 4.73. The highest BCUT2D eigenvalue weighted by Gasteiger charge is 2.46. The third-order valence-corrected chi connectivity index (χ3v) is 6.62. The van der Waals surface area contributed by atoms with Crippen molar-refractivity contribution < 1.29 is 9.53 Å². The zero-order chi connectivity index (χ0) is 20.1. The van der Waals surface area contributed by atoms with Crippen molar-refractivity contribution >= 4 is 5.91 Å². The molecule has 0 radical (unpaired) electrons. The third-order valence-electron chi connectivity index (χ3n) is 6.62. The van der Waals surface area contributed by atoms with E-state index >= 15 is 0 Å². The first-order valence-corrected chi connectivity index (χ1v) is 10.9. The summed E-state index contributed by atoms with van der Waals surface area (Å²) >= 11 is 0. The summed E-state index contributed by atoms with van der Waals surface area (Å²) < 4.78 is 5.59. The molecule has 1 heterocycles. The number of carbonyl (C=O) groups is 1. The van der Waals surface area contributed by atoms with Crippen LogP contribution >= 0.6 is 0 Å². The molecule has 0 aromatic heterocycles. The lowest BCUT2D eigenvalue weighted by Crippen LogP contribution is -2.59. The van der Waals surface area contributed by atoms with Crippen LogP contribution in [0.1, 0.15) is 29.5 Å². The highest BCUT2D eigenvalue weighted by atomic mass is 16.5. The Morgan fingerprint density at radius 3 is 2.45 bits per heavy atom. The molecular weight excluding hydrogens is 360 g/mol. The molecule has 1 N–H and O–H groups in total. The van der Waals surface area contributed by atoms with E-state index in [2.05, 4.69) is 65.8 Å². The maximum atomic E-state index is 13.5. The van der Waals surface area contributed by atoms with Crippen LogP contribution in [0.5, 0.6) is 0 Å². The Morgan fingerprint density at radius 2 is 1.79 bits per heavy atom. The lowest BCUT2D eigenvalue weighted by Gasteiger charge is -2.38. The standard InChI is InChI=1S/C25H32N2O2/c1-27(14-13-20-8-3-2-4-9-20)25(16-22-11-5-6-12-23(22)17-25)24(28)26-18-21-10-7-15-29-19-21/h2-6,8-9,11-12,21H,7,10,13-19H2,1H3,(H,26,28)/t21-/m0/s1. The molecule has 2 aromatic carbocycles. The zero-order valence-corrected chi connectivity index (χ0v) is 17.4. The van der Waals surface area contributed by atoms with Crippen LogP contribution in [0.3, 0.4) is 0 Å². The Kier molecular flexibility index (Phi) is 6.31. The molecule has 1 aliphatic heterocycles. The van der Waals surface area contributed by atoms with Gasteiger partial charge < -0.3 is 10.1 Å². The molecule has 1 fully saturated rings. The van der Waals surface area contributed by atoms with Crippen molar-refractivity contribution in [3.63, 3.8) is 0 Å². The van der Waals surface area contributed by atoms with E-state index < -0.39 is 5.54 Å². The molecule has 2 aliphatic rings. The molecule has 0 spiro atoms. The molecular formula is C25H32N2O2. The van der Waals surface area contributed by atoms with Crippen LogP contribution < -0.4 is 5.32 Å². The average molecular weight is 393 g/mol. The van der Waals surface area contributed by atoms with Crippen LogP contribution in [-0.4, -0.2) is 49.7 Å². The maximum Gasteiger partial charge on any atom is 0.241 e. The summed E-state index contributed by atoms with van der Waals surface area (Å²) in [5.41, 5.74) is 3.41. The summed E-state index contributed by atoms with van der Waals surface area (Å²) in [5, 5.41) is 3.29. The second-order valence-corrected chi connectivity index (χ2v) is 8.60. The normalized spacial score (nSPS) is 20.4. The van der Waals surface area contributed by atoms with Gasteiger partial charge in [0.05, 0.1) is 6.61 Å². The largest absolute Gasteiger partial charge is 0.381 e. The monoisotopic (exact) mass is 392 g/mol. The van der Waals surface area contributed by atoms with Crippen LogP contribution in [-0.2, 0) is 28.8 Å². The van der Waals surface area contributed by atoms with Crippen molar-refractivity contribution in [3.05, 3.63) is 71.3 Å². The Bertz CT molecular complexity index is 790. The van der Waals surface area contributed by atoms with E-state index in [0.717, 1.165) is 51.9 Å². The van der Waals surface area contributed by atoms with Crippen molar-refractivity contribution in [1.29, 1.82) is 0 Å².